The number of aliphatic carboxylic acids is 1. The van der Waals surface area contributed by atoms with Crippen LogP contribution in [0.25, 0.3) is 6.08 Å². The Bertz CT molecular complexity index is 660. The van der Waals surface area contributed by atoms with Crippen molar-refractivity contribution in [3.63, 3.8) is 0 Å². The largest absolute Gasteiger partial charge is 0.507 e. The second-order valence-electron chi connectivity index (χ2n) is 4.63. The molecule has 21 heavy (non-hydrogen) atoms. The fourth-order valence-corrected chi connectivity index (χ4v) is 1.77. The summed E-state index contributed by atoms with van der Waals surface area (Å²) in [5, 5.41) is 18.7. The van der Waals surface area contributed by atoms with Crippen molar-refractivity contribution in [3.05, 3.63) is 65.2 Å². The molecule has 4 heteroatoms. The number of carboxylic acid groups (broad SMARTS) is 1. The third kappa shape index (κ3) is 4.11. The van der Waals surface area contributed by atoms with Crippen molar-refractivity contribution in [3.8, 4) is 11.5 Å². The molecule has 0 amide bonds. The molecular weight excluding hydrogens is 268 g/mol. The van der Waals surface area contributed by atoms with E-state index < -0.39 is 5.97 Å². The Morgan fingerprint density at radius 3 is 2.52 bits per heavy atom. The van der Waals surface area contributed by atoms with Crippen molar-refractivity contribution >= 4 is 12.0 Å². The van der Waals surface area contributed by atoms with Gasteiger partial charge in [0.25, 0.3) is 0 Å². The zero-order chi connectivity index (χ0) is 15.2. The van der Waals surface area contributed by atoms with Gasteiger partial charge in [0.2, 0.25) is 0 Å². The highest BCUT2D eigenvalue weighted by molar-refractivity contribution is 5.91. The molecule has 0 radical (unpaired) electrons. The number of hydrogen-bond acceptors (Lipinski definition) is 3. The topological polar surface area (TPSA) is 66.8 Å². The van der Waals surface area contributed by atoms with Gasteiger partial charge in [-0.05, 0) is 30.7 Å². The second-order valence-corrected chi connectivity index (χ2v) is 4.63. The standard InChI is InChI=1S/C17H16O4/c1-12(17(19)20)9-14-7-8-15(10-16(14)18)21-11-13-5-3-2-4-6-13/h2-10,18H,11H2,1H3,(H,19,20). The molecule has 0 saturated heterocycles. The number of rotatable bonds is 5. The third-order valence-corrected chi connectivity index (χ3v) is 2.96. The van der Waals surface area contributed by atoms with Crippen LogP contribution in [0.5, 0.6) is 11.5 Å². The molecule has 0 aliphatic heterocycles. The van der Waals surface area contributed by atoms with Gasteiger partial charge in [-0.2, -0.15) is 0 Å². The third-order valence-electron chi connectivity index (χ3n) is 2.96. The number of ether oxygens (including phenoxy) is 1. The molecule has 0 aromatic heterocycles. The van der Waals surface area contributed by atoms with E-state index in [2.05, 4.69) is 0 Å². The predicted molar refractivity (Wildman–Crippen MR) is 80.2 cm³/mol. The van der Waals surface area contributed by atoms with Crippen LogP contribution in [0.2, 0.25) is 0 Å². The maximum atomic E-state index is 10.8. The first-order chi connectivity index (χ1) is 10.1. The number of benzene rings is 2. The van der Waals surface area contributed by atoms with E-state index in [-0.39, 0.29) is 11.3 Å². The lowest BCUT2D eigenvalue weighted by Gasteiger charge is -2.08. The molecule has 0 spiro atoms. The molecule has 0 saturated carbocycles. The second kappa shape index (κ2) is 6.61. The zero-order valence-electron chi connectivity index (χ0n) is 11.6. The van der Waals surface area contributed by atoms with Crippen LogP contribution < -0.4 is 4.74 Å². The van der Waals surface area contributed by atoms with E-state index in [0.717, 1.165) is 5.56 Å². The lowest BCUT2D eigenvalue weighted by Crippen LogP contribution is -1.96. The molecule has 2 rings (SSSR count). The summed E-state index contributed by atoms with van der Waals surface area (Å²) in [5.74, 6) is -0.499. The van der Waals surface area contributed by atoms with Crippen LogP contribution in [0.3, 0.4) is 0 Å². The summed E-state index contributed by atoms with van der Waals surface area (Å²) in [7, 11) is 0. The molecule has 2 aromatic rings. The number of aromatic hydroxyl groups is 1. The molecule has 0 heterocycles. The number of carbonyl (C=O) groups is 1. The Labute approximate surface area is 122 Å². The molecule has 0 unspecified atom stereocenters. The van der Waals surface area contributed by atoms with Gasteiger partial charge in [0.15, 0.2) is 0 Å². The van der Waals surface area contributed by atoms with Crippen LogP contribution in [0.4, 0.5) is 0 Å². The normalized spacial score (nSPS) is 11.2. The average Bonchev–Trinajstić information content (AvgIpc) is 2.48. The number of phenols is 1. The van der Waals surface area contributed by atoms with Crippen LogP contribution in [0.15, 0.2) is 54.1 Å². The molecule has 108 valence electrons. The maximum Gasteiger partial charge on any atom is 0.331 e. The fraction of sp³-hybridized carbons (Fsp3) is 0.118. The summed E-state index contributed by atoms with van der Waals surface area (Å²) in [5.41, 5.74) is 1.63. The van der Waals surface area contributed by atoms with Gasteiger partial charge >= 0.3 is 5.97 Å². The van der Waals surface area contributed by atoms with Crippen LogP contribution in [0.1, 0.15) is 18.1 Å². The van der Waals surface area contributed by atoms with Crippen LogP contribution in [-0.4, -0.2) is 16.2 Å². The zero-order valence-corrected chi connectivity index (χ0v) is 11.6. The van der Waals surface area contributed by atoms with Gasteiger partial charge < -0.3 is 14.9 Å². The lowest BCUT2D eigenvalue weighted by atomic mass is 10.1. The Morgan fingerprint density at radius 2 is 1.90 bits per heavy atom. The average molecular weight is 284 g/mol. The van der Waals surface area contributed by atoms with Gasteiger partial charge in [-0.3, -0.25) is 0 Å². The lowest BCUT2D eigenvalue weighted by molar-refractivity contribution is -0.132. The van der Waals surface area contributed by atoms with Gasteiger partial charge in [0.1, 0.15) is 18.1 Å². The molecule has 0 atom stereocenters. The number of phenolic OH excluding ortho intramolecular Hbond substituents is 1. The number of carboxylic acids is 1. The van der Waals surface area contributed by atoms with E-state index in [9.17, 15) is 9.90 Å². The van der Waals surface area contributed by atoms with Crippen molar-refractivity contribution in [1.29, 1.82) is 0 Å². The van der Waals surface area contributed by atoms with Crippen LogP contribution in [0, 0.1) is 0 Å². The highest BCUT2D eigenvalue weighted by atomic mass is 16.5. The summed E-state index contributed by atoms with van der Waals surface area (Å²) in [4.78, 5) is 10.8. The molecule has 2 aromatic carbocycles. The van der Waals surface area contributed by atoms with Crippen molar-refractivity contribution in [2.75, 3.05) is 0 Å². The summed E-state index contributed by atoms with van der Waals surface area (Å²) in [6.07, 6.45) is 1.42. The number of hydrogen-bond donors (Lipinski definition) is 2. The Hall–Kier alpha value is -2.75. The first-order valence-corrected chi connectivity index (χ1v) is 6.47. The van der Waals surface area contributed by atoms with Crippen LogP contribution in [-0.2, 0) is 11.4 Å². The Kier molecular flexibility index (Phi) is 4.61. The minimum Gasteiger partial charge on any atom is -0.507 e. The minimum absolute atomic E-state index is 0.0128. The fourth-order valence-electron chi connectivity index (χ4n) is 1.77. The van der Waals surface area contributed by atoms with Crippen molar-refractivity contribution in [1.82, 2.24) is 0 Å². The Morgan fingerprint density at radius 1 is 1.19 bits per heavy atom. The molecule has 2 N–H and O–H groups in total. The first-order valence-electron chi connectivity index (χ1n) is 6.47. The Balaban J connectivity index is 2.09. The molecule has 0 fully saturated rings. The molecular formula is C17H16O4. The first kappa shape index (κ1) is 14.7. The smallest absolute Gasteiger partial charge is 0.331 e. The van der Waals surface area contributed by atoms with Crippen molar-refractivity contribution < 1.29 is 19.7 Å². The SMILES string of the molecule is CC(=Cc1ccc(OCc2ccccc2)cc1O)C(=O)O. The van der Waals surface area contributed by atoms with Gasteiger partial charge in [-0.15, -0.1) is 0 Å². The summed E-state index contributed by atoms with van der Waals surface area (Å²) >= 11 is 0. The summed E-state index contributed by atoms with van der Waals surface area (Å²) < 4.78 is 5.58. The van der Waals surface area contributed by atoms with E-state index in [4.69, 9.17) is 9.84 Å². The molecule has 0 bridgehead atoms. The maximum absolute atomic E-state index is 10.8. The minimum atomic E-state index is -1.01. The van der Waals surface area contributed by atoms with E-state index in [1.165, 1.54) is 19.1 Å². The van der Waals surface area contributed by atoms with Crippen LogP contribution >= 0.6 is 0 Å². The predicted octanol–water partition coefficient (Wildman–Crippen LogP) is 3.46. The molecule has 4 nitrogen and oxygen atoms in total. The van der Waals surface area contributed by atoms with Crippen molar-refractivity contribution in [2.24, 2.45) is 0 Å². The van der Waals surface area contributed by atoms with Gasteiger partial charge in [-0.25, -0.2) is 4.79 Å². The quantitative estimate of drug-likeness (QED) is 0.825. The highest BCUT2D eigenvalue weighted by Crippen LogP contribution is 2.26. The van der Waals surface area contributed by atoms with Gasteiger partial charge in [0, 0.05) is 17.2 Å². The van der Waals surface area contributed by atoms with E-state index >= 15 is 0 Å². The molecule has 0 aliphatic carbocycles. The monoisotopic (exact) mass is 284 g/mol. The molecule has 0 aliphatic rings. The van der Waals surface area contributed by atoms with E-state index in [1.54, 1.807) is 12.1 Å². The summed E-state index contributed by atoms with van der Waals surface area (Å²) in [6, 6.07) is 14.5. The van der Waals surface area contributed by atoms with E-state index in [1.807, 2.05) is 30.3 Å². The summed E-state index contributed by atoms with van der Waals surface area (Å²) in [6.45, 7) is 1.88. The van der Waals surface area contributed by atoms with Gasteiger partial charge in [0.05, 0.1) is 0 Å². The van der Waals surface area contributed by atoms with E-state index in [0.29, 0.717) is 17.9 Å². The highest BCUT2D eigenvalue weighted by Gasteiger charge is 2.05. The van der Waals surface area contributed by atoms with Gasteiger partial charge in [-0.1, -0.05) is 30.3 Å². The van der Waals surface area contributed by atoms with Crippen molar-refractivity contribution in [2.45, 2.75) is 13.5 Å².